The van der Waals surface area contributed by atoms with Crippen molar-refractivity contribution in [2.24, 2.45) is 0 Å². The molecule has 0 aliphatic carbocycles. The number of hydrogen-bond donors (Lipinski definition) is 2. The van der Waals surface area contributed by atoms with Crippen LogP contribution in [0.3, 0.4) is 0 Å². The molecule has 2 N–H and O–H groups in total. The van der Waals surface area contributed by atoms with E-state index in [0.717, 1.165) is 17.8 Å². The highest BCUT2D eigenvalue weighted by Gasteiger charge is 2.12. The van der Waals surface area contributed by atoms with Gasteiger partial charge in [0, 0.05) is 23.5 Å². The van der Waals surface area contributed by atoms with Gasteiger partial charge in [-0.1, -0.05) is 30.3 Å². The van der Waals surface area contributed by atoms with E-state index in [1.807, 2.05) is 54.7 Å². The maximum Gasteiger partial charge on any atom is 0.265 e. The molecule has 0 atom stereocenters. The number of rotatable bonds is 6. The zero-order valence-corrected chi connectivity index (χ0v) is 16.0. The van der Waals surface area contributed by atoms with E-state index in [1.165, 1.54) is 11.3 Å². The highest BCUT2D eigenvalue weighted by Crippen LogP contribution is 2.19. The molecule has 0 radical (unpaired) electrons. The molecular formula is C21H21N3O2S. The van der Waals surface area contributed by atoms with E-state index < -0.39 is 0 Å². The molecule has 1 aromatic heterocycles. The molecule has 6 heteroatoms. The fourth-order valence-electron chi connectivity index (χ4n) is 2.65. The molecule has 5 nitrogen and oxygen atoms in total. The Morgan fingerprint density at radius 1 is 0.926 bits per heavy atom. The molecule has 2 aromatic carbocycles. The van der Waals surface area contributed by atoms with Crippen LogP contribution in [0, 0.1) is 0 Å². The quantitative estimate of drug-likeness (QED) is 0.671. The highest BCUT2D eigenvalue weighted by atomic mass is 32.1. The maximum atomic E-state index is 12.7. The summed E-state index contributed by atoms with van der Waals surface area (Å²) >= 11 is 1.37. The normalized spacial score (nSPS) is 10.6. The first-order chi connectivity index (χ1) is 13.0. The fraction of sp³-hybridized carbons (Fsp3) is 0.143. The van der Waals surface area contributed by atoms with Gasteiger partial charge >= 0.3 is 0 Å². The van der Waals surface area contributed by atoms with E-state index in [1.54, 1.807) is 30.3 Å². The number of anilines is 2. The Morgan fingerprint density at radius 2 is 1.74 bits per heavy atom. The topological polar surface area (TPSA) is 61.4 Å². The minimum Gasteiger partial charge on any atom is -0.322 e. The Morgan fingerprint density at radius 3 is 2.48 bits per heavy atom. The molecule has 138 valence electrons. The predicted octanol–water partition coefficient (Wildman–Crippen LogP) is 4.31. The standard InChI is InChI=1S/C21H21N3O2S/c1-24(2)14-16-7-3-4-10-18(16)23-20(25)15-8-5-9-17(13-15)22-21(26)19-11-6-12-27-19/h3-13H,14H2,1-2H3,(H,22,26)(H,23,25). The molecule has 27 heavy (non-hydrogen) atoms. The van der Waals surface area contributed by atoms with Crippen molar-refractivity contribution in [1.82, 2.24) is 4.90 Å². The third-order valence-corrected chi connectivity index (χ3v) is 4.75. The summed E-state index contributed by atoms with van der Waals surface area (Å²) in [6.45, 7) is 0.730. The van der Waals surface area contributed by atoms with Crippen LogP contribution in [0.15, 0.2) is 66.0 Å². The summed E-state index contributed by atoms with van der Waals surface area (Å²) in [6, 6.07) is 18.2. The molecule has 0 unspecified atom stereocenters. The van der Waals surface area contributed by atoms with Crippen molar-refractivity contribution < 1.29 is 9.59 Å². The number of para-hydroxylation sites is 1. The van der Waals surface area contributed by atoms with E-state index in [-0.39, 0.29) is 11.8 Å². The van der Waals surface area contributed by atoms with E-state index in [0.29, 0.717) is 16.1 Å². The van der Waals surface area contributed by atoms with Crippen LogP contribution in [0.4, 0.5) is 11.4 Å². The van der Waals surface area contributed by atoms with Crippen LogP contribution < -0.4 is 10.6 Å². The summed E-state index contributed by atoms with van der Waals surface area (Å²) < 4.78 is 0. The summed E-state index contributed by atoms with van der Waals surface area (Å²) in [4.78, 5) is 27.5. The van der Waals surface area contributed by atoms with Gasteiger partial charge in [0.15, 0.2) is 0 Å². The maximum absolute atomic E-state index is 12.7. The van der Waals surface area contributed by atoms with Gasteiger partial charge in [-0.15, -0.1) is 11.3 Å². The van der Waals surface area contributed by atoms with Crippen molar-refractivity contribution in [3.8, 4) is 0 Å². The first-order valence-electron chi connectivity index (χ1n) is 8.52. The average Bonchev–Trinajstić information content (AvgIpc) is 3.18. The number of carbonyl (C=O) groups excluding carboxylic acids is 2. The molecule has 0 bridgehead atoms. The van der Waals surface area contributed by atoms with Crippen LogP contribution in [0.2, 0.25) is 0 Å². The van der Waals surface area contributed by atoms with Crippen LogP contribution in [0.1, 0.15) is 25.6 Å². The fourth-order valence-corrected chi connectivity index (χ4v) is 3.27. The van der Waals surface area contributed by atoms with E-state index in [9.17, 15) is 9.59 Å². The van der Waals surface area contributed by atoms with E-state index >= 15 is 0 Å². The minimum absolute atomic E-state index is 0.182. The van der Waals surface area contributed by atoms with Gasteiger partial charge in [-0.2, -0.15) is 0 Å². The lowest BCUT2D eigenvalue weighted by Crippen LogP contribution is -2.17. The zero-order chi connectivity index (χ0) is 19.2. The summed E-state index contributed by atoms with van der Waals surface area (Å²) in [5.41, 5.74) is 2.89. The summed E-state index contributed by atoms with van der Waals surface area (Å²) in [7, 11) is 3.97. The van der Waals surface area contributed by atoms with Gasteiger partial charge in [0.05, 0.1) is 4.88 Å². The number of amides is 2. The molecule has 3 aromatic rings. The molecule has 1 heterocycles. The SMILES string of the molecule is CN(C)Cc1ccccc1NC(=O)c1cccc(NC(=O)c2cccs2)c1. The average molecular weight is 379 g/mol. The van der Waals surface area contributed by atoms with Crippen molar-refractivity contribution in [3.63, 3.8) is 0 Å². The molecule has 0 saturated carbocycles. The zero-order valence-electron chi connectivity index (χ0n) is 15.2. The number of benzene rings is 2. The van der Waals surface area contributed by atoms with Crippen LogP contribution in [0.5, 0.6) is 0 Å². The van der Waals surface area contributed by atoms with E-state index in [4.69, 9.17) is 0 Å². The van der Waals surface area contributed by atoms with Gasteiger partial charge in [-0.25, -0.2) is 0 Å². The number of carbonyl (C=O) groups is 2. The first-order valence-corrected chi connectivity index (χ1v) is 9.40. The molecule has 0 aliphatic rings. The van der Waals surface area contributed by atoms with Crippen molar-refractivity contribution in [2.45, 2.75) is 6.54 Å². The van der Waals surface area contributed by atoms with Crippen molar-refractivity contribution >= 4 is 34.5 Å². The van der Waals surface area contributed by atoms with Crippen LogP contribution in [0.25, 0.3) is 0 Å². The second-order valence-corrected chi connectivity index (χ2v) is 7.31. The summed E-state index contributed by atoms with van der Waals surface area (Å²) in [5.74, 6) is -0.396. The number of nitrogens with zero attached hydrogens (tertiary/aromatic N) is 1. The number of hydrogen-bond acceptors (Lipinski definition) is 4. The van der Waals surface area contributed by atoms with Gasteiger partial charge in [0.25, 0.3) is 11.8 Å². The van der Waals surface area contributed by atoms with Crippen LogP contribution in [-0.2, 0) is 6.54 Å². The third kappa shape index (κ3) is 5.03. The molecule has 0 aliphatic heterocycles. The smallest absolute Gasteiger partial charge is 0.265 e. The van der Waals surface area contributed by atoms with Crippen molar-refractivity contribution in [2.75, 3.05) is 24.7 Å². The molecule has 3 rings (SSSR count). The van der Waals surface area contributed by atoms with Crippen LogP contribution in [-0.4, -0.2) is 30.8 Å². The van der Waals surface area contributed by atoms with Crippen LogP contribution >= 0.6 is 11.3 Å². The molecule has 2 amide bonds. The summed E-state index contributed by atoms with van der Waals surface area (Å²) in [6.07, 6.45) is 0. The first kappa shape index (κ1) is 18.8. The second kappa shape index (κ2) is 8.62. The Balaban J connectivity index is 1.73. The number of thiophene rings is 1. The molecular weight excluding hydrogens is 358 g/mol. The van der Waals surface area contributed by atoms with E-state index in [2.05, 4.69) is 10.6 Å². The summed E-state index contributed by atoms with van der Waals surface area (Å²) in [5, 5.41) is 7.64. The lowest BCUT2D eigenvalue weighted by Gasteiger charge is -2.15. The Labute approximate surface area is 162 Å². The lowest BCUT2D eigenvalue weighted by atomic mass is 10.1. The Bertz CT molecular complexity index is 936. The highest BCUT2D eigenvalue weighted by molar-refractivity contribution is 7.12. The van der Waals surface area contributed by atoms with Gasteiger partial charge in [0.2, 0.25) is 0 Å². The van der Waals surface area contributed by atoms with Gasteiger partial charge in [-0.3, -0.25) is 9.59 Å². The van der Waals surface area contributed by atoms with Gasteiger partial charge in [0.1, 0.15) is 0 Å². The largest absolute Gasteiger partial charge is 0.322 e. The van der Waals surface area contributed by atoms with Gasteiger partial charge < -0.3 is 15.5 Å². The van der Waals surface area contributed by atoms with Crippen molar-refractivity contribution in [3.05, 3.63) is 82.0 Å². The molecule has 0 saturated heterocycles. The lowest BCUT2D eigenvalue weighted by molar-refractivity contribution is 0.101. The molecule has 0 spiro atoms. The third-order valence-electron chi connectivity index (χ3n) is 3.88. The monoisotopic (exact) mass is 379 g/mol. The number of nitrogens with one attached hydrogen (secondary N) is 2. The minimum atomic E-state index is -0.214. The van der Waals surface area contributed by atoms with Crippen molar-refractivity contribution in [1.29, 1.82) is 0 Å². The second-order valence-electron chi connectivity index (χ2n) is 6.36. The Kier molecular flexibility index (Phi) is 6.01. The Hall–Kier alpha value is -2.96. The predicted molar refractivity (Wildman–Crippen MR) is 111 cm³/mol. The molecule has 0 fully saturated rings. The van der Waals surface area contributed by atoms with Gasteiger partial charge in [-0.05, 0) is 55.4 Å².